The van der Waals surface area contributed by atoms with Gasteiger partial charge in [0.2, 0.25) is 0 Å². The first-order chi connectivity index (χ1) is 15.2. The number of benzene rings is 1. The Hall–Kier alpha value is -2.17. The molecule has 0 spiro atoms. The molecular weight excluding hydrogens is 434 g/mol. The number of nitrogens with two attached hydrogens (primary N) is 2. The van der Waals surface area contributed by atoms with Gasteiger partial charge in [0.05, 0.1) is 5.54 Å². The molecule has 1 saturated carbocycles. The Balaban J connectivity index is 1.50. The van der Waals surface area contributed by atoms with E-state index in [0.29, 0.717) is 31.0 Å². The molecule has 2 fully saturated rings. The fourth-order valence-corrected chi connectivity index (χ4v) is 4.97. The summed E-state index contributed by atoms with van der Waals surface area (Å²) in [5, 5.41) is 7.83. The molecule has 7 nitrogen and oxygen atoms in total. The molecule has 0 bridgehead atoms. The van der Waals surface area contributed by atoms with Gasteiger partial charge in [-0.25, -0.2) is 8.78 Å². The van der Waals surface area contributed by atoms with Crippen molar-refractivity contribution >= 4 is 30.0 Å². The first-order valence-electron chi connectivity index (χ1n) is 11.0. The number of anilines is 2. The molecule has 0 atom stereocenters. The lowest BCUT2D eigenvalue weighted by atomic mass is 9.78. The summed E-state index contributed by atoms with van der Waals surface area (Å²) in [5.74, 6) is -2.72. The van der Waals surface area contributed by atoms with E-state index in [4.69, 9.17) is 11.5 Å². The van der Waals surface area contributed by atoms with Crippen molar-refractivity contribution in [3.8, 4) is 0 Å². The van der Waals surface area contributed by atoms with Gasteiger partial charge in [-0.1, -0.05) is 0 Å². The SMILES string of the molecule is NCC1(n2cc(C(N)=O)c(Nc3ccc(S)cc3)n2)CCC(N2CCC(F)(F)CC2)CC1. The summed E-state index contributed by atoms with van der Waals surface area (Å²) in [6, 6.07) is 7.64. The van der Waals surface area contributed by atoms with E-state index in [0.717, 1.165) is 36.3 Å². The third-order valence-corrected chi connectivity index (χ3v) is 7.21. The summed E-state index contributed by atoms with van der Waals surface area (Å²) in [6.45, 7) is 1.23. The molecule has 2 aliphatic rings. The van der Waals surface area contributed by atoms with Gasteiger partial charge in [0, 0.05) is 55.3 Å². The fraction of sp³-hybridized carbons (Fsp3) is 0.545. The number of likely N-dealkylation sites (tertiary alicyclic amines) is 1. The van der Waals surface area contributed by atoms with Crippen LogP contribution in [0, 0.1) is 0 Å². The number of hydrogen-bond donors (Lipinski definition) is 4. The van der Waals surface area contributed by atoms with Gasteiger partial charge in [0.15, 0.2) is 5.82 Å². The lowest BCUT2D eigenvalue weighted by Gasteiger charge is -2.45. The maximum absolute atomic E-state index is 13.5. The average molecular weight is 465 g/mol. The van der Waals surface area contributed by atoms with Gasteiger partial charge < -0.3 is 16.8 Å². The Morgan fingerprint density at radius 3 is 2.34 bits per heavy atom. The number of amides is 1. The quantitative estimate of drug-likeness (QED) is 0.491. The van der Waals surface area contributed by atoms with Crippen molar-refractivity contribution < 1.29 is 13.6 Å². The minimum atomic E-state index is -2.54. The molecule has 32 heavy (non-hydrogen) atoms. The molecular formula is C22H30F2N6OS. The summed E-state index contributed by atoms with van der Waals surface area (Å²) in [6.07, 6.45) is 4.74. The van der Waals surface area contributed by atoms with Gasteiger partial charge in [-0.2, -0.15) is 5.10 Å². The molecule has 2 heterocycles. The Kier molecular flexibility index (Phi) is 6.46. The molecule has 5 N–H and O–H groups in total. The van der Waals surface area contributed by atoms with Gasteiger partial charge in [-0.15, -0.1) is 12.6 Å². The first kappa shape index (κ1) is 23.0. The molecule has 1 saturated heterocycles. The van der Waals surface area contributed by atoms with Gasteiger partial charge in [0.1, 0.15) is 5.56 Å². The smallest absolute Gasteiger partial charge is 0.254 e. The van der Waals surface area contributed by atoms with Crippen molar-refractivity contribution in [2.45, 2.75) is 60.9 Å². The van der Waals surface area contributed by atoms with E-state index >= 15 is 0 Å². The molecule has 1 aliphatic heterocycles. The van der Waals surface area contributed by atoms with Crippen LogP contribution in [0.2, 0.25) is 0 Å². The minimum absolute atomic E-state index is 0.0735. The van der Waals surface area contributed by atoms with Crippen LogP contribution < -0.4 is 16.8 Å². The lowest BCUT2D eigenvalue weighted by molar-refractivity contribution is -0.0685. The maximum atomic E-state index is 13.5. The molecule has 10 heteroatoms. The minimum Gasteiger partial charge on any atom is -0.365 e. The molecule has 4 rings (SSSR count). The number of nitrogens with zero attached hydrogens (tertiary/aromatic N) is 3. The molecule has 1 aliphatic carbocycles. The number of alkyl halides is 2. The van der Waals surface area contributed by atoms with Gasteiger partial charge in [-0.05, 0) is 49.9 Å². The summed E-state index contributed by atoms with van der Waals surface area (Å²) < 4.78 is 28.8. The molecule has 0 radical (unpaired) electrons. The lowest BCUT2D eigenvalue weighted by Crippen LogP contribution is -2.51. The monoisotopic (exact) mass is 464 g/mol. The third-order valence-electron chi connectivity index (χ3n) is 6.91. The fourth-order valence-electron chi connectivity index (χ4n) is 4.82. The van der Waals surface area contributed by atoms with Crippen LogP contribution in [0.4, 0.5) is 20.3 Å². The molecule has 1 aromatic heterocycles. The number of thiol groups is 1. The number of piperidine rings is 1. The normalized spacial score (nSPS) is 26.1. The number of rotatable bonds is 6. The van der Waals surface area contributed by atoms with Crippen molar-refractivity contribution in [1.29, 1.82) is 0 Å². The van der Waals surface area contributed by atoms with Crippen LogP contribution in [-0.4, -0.2) is 52.2 Å². The number of carbonyl (C=O) groups excluding carboxylic acids is 1. The van der Waals surface area contributed by atoms with Crippen molar-refractivity contribution in [2.24, 2.45) is 11.5 Å². The zero-order valence-corrected chi connectivity index (χ0v) is 18.8. The number of hydrogen-bond acceptors (Lipinski definition) is 6. The first-order valence-corrected chi connectivity index (χ1v) is 11.4. The topological polar surface area (TPSA) is 102 Å². The van der Waals surface area contributed by atoms with E-state index in [-0.39, 0.29) is 18.9 Å². The number of aromatic nitrogens is 2. The molecule has 1 aromatic carbocycles. The Labute approximate surface area is 191 Å². The van der Waals surface area contributed by atoms with Crippen LogP contribution in [0.15, 0.2) is 35.4 Å². The molecule has 2 aromatic rings. The van der Waals surface area contributed by atoms with Crippen LogP contribution >= 0.6 is 12.6 Å². The van der Waals surface area contributed by atoms with Gasteiger partial charge in [-0.3, -0.25) is 14.4 Å². The average Bonchev–Trinajstić information content (AvgIpc) is 3.20. The van der Waals surface area contributed by atoms with Crippen LogP contribution in [0.5, 0.6) is 0 Å². The van der Waals surface area contributed by atoms with Crippen LogP contribution in [-0.2, 0) is 5.54 Å². The van der Waals surface area contributed by atoms with Crippen molar-refractivity contribution in [1.82, 2.24) is 14.7 Å². The predicted molar refractivity (Wildman–Crippen MR) is 123 cm³/mol. The van der Waals surface area contributed by atoms with E-state index in [9.17, 15) is 13.6 Å². The number of halogens is 2. The van der Waals surface area contributed by atoms with Crippen molar-refractivity contribution in [2.75, 3.05) is 25.0 Å². The highest BCUT2D eigenvalue weighted by Crippen LogP contribution is 2.39. The summed E-state index contributed by atoms with van der Waals surface area (Å²) >= 11 is 4.29. The predicted octanol–water partition coefficient (Wildman–Crippen LogP) is 3.34. The second kappa shape index (κ2) is 8.99. The van der Waals surface area contributed by atoms with E-state index in [1.807, 2.05) is 24.3 Å². The second-order valence-corrected chi connectivity index (χ2v) is 9.44. The number of carbonyl (C=O) groups is 1. The molecule has 0 unspecified atom stereocenters. The molecule has 1 amide bonds. The second-order valence-electron chi connectivity index (χ2n) is 8.92. The summed E-state index contributed by atoms with van der Waals surface area (Å²) in [5.41, 5.74) is 12.5. The maximum Gasteiger partial charge on any atom is 0.254 e. The Morgan fingerprint density at radius 1 is 1.16 bits per heavy atom. The standard InChI is InChI=1S/C22H30F2N6OS/c23-22(24)9-11-29(12-10-22)16-5-7-21(14-25,8-6-16)30-13-18(19(26)31)20(28-30)27-15-1-3-17(32)4-2-15/h1-4,13,16,32H,5-12,14,25H2,(H2,26,31)(H,27,28). The summed E-state index contributed by atoms with van der Waals surface area (Å²) in [7, 11) is 0. The van der Waals surface area contributed by atoms with Gasteiger partial charge in [0.25, 0.3) is 11.8 Å². The highest BCUT2D eigenvalue weighted by molar-refractivity contribution is 7.80. The van der Waals surface area contributed by atoms with E-state index in [1.165, 1.54) is 0 Å². The zero-order chi connectivity index (χ0) is 22.9. The van der Waals surface area contributed by atoms with Gasteiger partial charge >= 0.3 is 0 Å². The van der Waals surface area contributed by atoms with Crippen molar-refractivity contribution in [3.05, 3.63) is 36.0 Å². The highest BCUT2D eigenvalue weighted by Gasteiger charge is 2.42. The third kappa shape index (κ3) is 4.77. The summed E-state index contributed by atoms with van der Waals surface area (Å²) in [4.78, 5) is 15.1. The Morgan fingerprint density at radius 2 is 1.78 bits per heavy atom. The van der Waals surface area contributed by atoms with Crippen molar-refractivity contribution in [3.63, 3.8) is 0 Å². The number of primary amides is 1. The van der Waals surface area contributed by atoms with E-state index in [2.05, 4.69) is 27.9 Å². The van der Waals surface area contributed by atoms with Crippen LogP contribution in [0.25, 0.3) is 0 Å². The van der Waals surface area contributed by atoms with Crippen LogP contribution in [0.1, 0.15) is 48.9 Å². The van der Waals surface area contributed by atoms with Crippen LogP contribution in [0.3, 0.4) is 0 Å². The Bertz CT molecular complexity index is 946. The number of nitrogens with one attached hydrogen (secondary N) is 1. The largest absolute Gasteiger partial charge is 0.365 e. The molecule has 174 valence electrons. The van der Waals surface area contributed by atoms with E-state index in [1.54, 1.807) is 10.9 Å². The highest BCUT2D eigenvalue weighted by atomic mass is 32.1. The van der Waals surface area contributed by atoms with E-state index < -0.39 is 17.4 Å². The zero-order valence-electron chi connectivity index (χ0n) is 17.9.